The molecule has 0 aromatic heterocycles. The first-order valence-corrected chi connectivity index (χ1v) is 7.88. The van der Waals surface area contributed by atoms with Gasteiger partial charge in [0.15, 0.2) is 0 Å². The molecule has 1 spiro atoms. The van der Waals surface area contributed by atoms with E-state index >= 15 is 0 Å². The molecule has 1 aliphatic carbocycles. The SMILES string of the molecule is O=C(O)c1ccc(N2CCC3(CCCCC3)CC2)cc1F. The van der Waals surface area contributed by atoms with Gasteiger partial charge >= 0.3 is 5.97 Å². The maximum absolute atomic E-state index is 13.8. The van der Waals surface area contributed by atoms with E-state index in [0.717, 1.165) is 18.8 Å². The van der Waals surface area contributed by atoms with Crippen LogP contribution >= 0.6 is 0 Å². The lowest BCUT2D eigenvalue weighted by atomic mass is 9.68. The van der Waals surface area contributed by atoms with Crippen LogP contribution in [0.5, 0.6) is 0 Å². The zero-order chi connectivity index (χ0) is 14.9. The zero-order valence-electron chi connectivity index (χ0n) is 12.3. The summed E-state index contributed by atoms with van der Waals surface area (Å²) >= 11 is 0. The van der Waals surface area contributed by atoms with Crippen LogP contribution in [-0.4, -0.2) is 24.2 Å². The minimum Gasteiger partial charge on any atom is -0.478 e. The number of carboxylic acids is 1. The van der Waals surface area contributed by atoms with Crippen molar-refractivity contribution in [2.45, 2.75) is 44.9 Å². The van der Waals surface area contributed by atoms with Crippen molar-refractivity contribution in [3.63, 3.8) is 0 Å². The lowest BCUT2D eigenvalue weighted by Crippen LogP contribution is -2.41. The van der Waals surface area contributed by atoms with Crippen molar-refractivity contribution in [1.29, 1.82) is 0 Å². The number of carboxylic acid groups (broad SMARTS) is 1. The fourth-order valence-electron chi connectivity index (χ4n) is 3.92. The van der Waals surface area contributed by atoms with E-state index in [2.05, 4.69) is 4.90 Å². The van der Waals surface area contributed by atoms with Gasteiger partial charge < -0.3 is 10.0 Å². The number of piperidine rings is 1. The Labute approximate surface area is 124 Å². The number of halogens is 1. The molecule has 114 valence electrons. The molecule has 0 unspecified atom stereocenters. The predicted octanol–water partition coefficient (Wildman–Crippen LogP) is 4.07. The van der Waals surface area contributed by atoms with Gasteiger partial charge in [-0.15, -0.1) is 0 Å². The van der Waals surface area contributed by atoms with Gasteiger partial charge in [-0.1, -0.05) is 19.3 Å². The van der Waals surface area contributed by atoms with E-state index in [9.17, 15) is 9.18 Å². The third-order valence-electron chi connectivity index (χ3n) is 5.29. The smallest absolute Gasteiger partial charge is 0.338 e. The summed E-state index contributed by atoms with van der Waals surface area (Å²) in [6.45, 7) is 1.90. The number of aromatic carboxylic acids is 1. The second kappa shape index (κ2) is 5.66. The fraction of sp³-hybridized carbons (Fsp3) is 0.588. The Morgan fingerprint density at radius 1 is 1.10 bits per heavy atom. The molecule has 3 nitrogen and oxygen atoms in total. The summed E-state index contributed by atoms with van der Waals surface area (Å²) in [6.07, 6.45) is 9.10. The third kappa shape index (κ3) is 2.89. The number of hydrogen-bond donors (Lipinski definition) is 1. The van der Waals surface area contributed by atoms with Crippen LogP contribution in [0.3, 0.4) is 0 Å². The first-order chi connectivity index (χ1) is 10.1. The number of anilines is 1. The predicted molar refractivity (Wildman–Crippen MR) is 80.3 cm³/mol. The highest BCUT2D eigenvalue weighted by molar-refractivity contribution is 5.88. The van der Waals surface area contributed by atoms with Gasteiger partial charge in [-0.3, -0.25) is 0 Å². The maximum atomic E-state index is 13.8. The largest absolute Gasteiger partial charge is 0.478 e. The molecule has 4 heteroatoms. The number of benzene rings is 1. The molecule has 0 amide bonds. The summed E-state index contributed by atoms with van der Waals surface area (Å²) in [4.78, 5) is 13.0. The number of nitrogens with zero attached hydrogens (tertiary/aromatic N) is 1. The molecular formula is C17H22FNO2. The van der Waals surface area contributed by atoms with Crippen LogP contribution in [0.1, 0.15) is 55.3 Å². The van der Waals surface area contributed by atoms with Crippen molar-refractivity contribution in [3.05, 3.63) is 29.6 Å². The fourth-order valence-corrected chi connectivity index (χ4v) is 3.92. The molecule has 21 heavy (non-hydrogen) atoms. The van der Waals surface area contributed by atoms with Gasteiger partial charge in [0.1, 0.15) is 5.82 Å². The van der Waals surface area contributed by atoms with Crippen molar-refractivity contribution < 1.29 is 14.3 Å². The molecule has 1 saturated heterocycles. The van der Waals surface area contributed by atoms with Gasteiger partial charge in [-0.05, 0) is 49.3 Å². The summed E-state index contributed by atoms with van der Waals surface area (Å²) < 4.78 is 13.8. The molecule has 0 radical (unpaired) electrons. The maximum Gasteiger partial charge on any atom is 0.338 e. The van der Waals surface area contributed by atoms with E-state index in [1.54, 1.807) is 6.07 Å². The molecule has 1 aromatic rings. The molecule has 2 aliphatic rings. The summed E-state index contributed by atoms with van der Waals surface area (Å²) in [5.41, 5.74) is 1.08. The minimum absolute atomic E-state index is 0.250. The van der Waals surface area contributed by atoms with E-state index < -0.39 is 11.8 Å². The van der Waals surface area contributed by atoms with Crippen LogP contribution in [0.2, 0.25) is 0 Å². The Balaban J connectivity index is 1.69. The highest BCUT2D eigenvalue weighted by Crippen LogP contribution is 2.45. The van der Waals surface area contributed by atoms with Crippen LogP contribution in [0.4, 0.5) is 10.1 Å². The Morgan fingerprint density at radius 2 is 1.76 bits per heavy atom. The molecule has 0 bridgehead atoms. The monoisotopic (exact) mass is 291 g/mol. The van der Waals surface area contributed by atoms with Gasteiger partial charge in [-0.2, -0.15) is 0 Å². The Kier molecular flexibility index (Phi) is 3.87. The molecule has 1 saturated carbocycles. The molecule has 1 aromatic carbocycles. The second-order valence-electron chi connectivity index (χ2n) is 6.52. The van der Waals surface area contributed by atoms with Crippen molar-refractivity contribution >= 4 is 11.7 Å². The highest BCUT2D eigenvalue weighted by atomic mass is 19.1. The number of hydrogen-bond acceptors (Lipinski definition) is 2. The first-order valence-electron chi connectivity index (χ1n) is 7.88. The lowest BCUT2D eigenvalue weighted by Gasteiger charge is -2.45. The van der Waals surface area contributed by atoms with E-state index in [4.69, 9.17) is 5.11 Å². The zero-order valence-corrected chi connectivity index (χ0v) is 12.3. The standard InChI is InChI=1S/C17H22FNO2/c18-15-12-13(4-5-14(15)16(20)21)19-10-8-17(9-11-19)6-2-1-3-7-17/h4-5,12H,1-3,6-11H2,(H,20,21). The summed E-state index contributed by atoms with van der Waals surface area (Å²) in [6, 6.07) is 4.46. The normalized spacial score (nSPS) is 21.5. The first kappa shape index (κ1) is 14.4. The van der Waals surface area contributed by atoms with E-state index in [-0.39, 0.29) is 5.56 Å². The molecule has 0 atom stereocenters. The summed E-state index contributed by atoms with van der Waals surface area (Å²) in [7, 11) is 0. The highest BCUT2D eigenvalue weighted by Gasteiger charge is 2.35. The average molecular weight is 291 g/mol. The Hall–Kier alpha value is -1.58. The summed E-state index contributed by atoms with van der Waals surface area (Å²) in [5, 5.41) is 8.88. The molecule has 1 N–H and O–H groups in total. The van der Waals surface area contributed by atoms with E-state index in [1.807, 2.05) is 0 Å². The van der Waals surface area contributed by atoms with Crippen LogP contribution < -0.4 is 4.90 Å². The molecule has 1 heterocycles. The quantitative estimate of drug-likeness (QED) is 0.892. The number of carbonyl (C=O) groups is 1. The van der Waals surface area contributed by atoms with Crippen molar-refractivity contribution in [1.82, 2.24) is 0 Å². The Morgan fingerprint density at radius 3 is 2.33 bits per heavy atom. The van der Waals surface area contributed by atoms with Gasteiger partial charge in [-0.25, -0.2) is 9.18 Å². The van der Waals surface area contributed by atoms with Gasteiger partial charge in [0.25, 0.3) is 0 Å². The van der Waals surface area contributed by atoms with Crippen LogP contribution in [0, 0.1) is 11.2 Å². The van der Waals surface area contributed by atoms with Crippen LogP contribution in [0.25, 0.3) is 0 Å². The molecule has 2 fully saturated rings. The average Bonchev–Trinajstić information content (AvgIpc) is 2.48. The Bertz CT molecular complexity index is 528. The van der Waals surface area contributed by atoms with Gasteiger partial charge in [0.2, 0.25) is 0 Å². The van der Waals surface area contributed by atoms with Crippen molar-refractivity contribution in [3.8, 4) is 0 Å². The second-order valence-corrected chi connectivity index (χ2v) is 6.52. The third-order valence-corrected chi connectivity index (χ3v) is 5.29. The van der Waals surface area contributed by atoms with Crippen molar-refractivity contribution in [2.24, 2.45) is 5.41 Å². The molecule has 3 rings (SSSR count). The lowest BCUT2D eigenvalue weighted by molar-refractivity contribution is 0.0692. The van der Waals surface area contributed by atoms with Crippen molar-refractivity contribution in [2.75, 3.05) is 18.0 Å². The van der Waals surface area contributed by atoms with Crippen LogP contribution in [-0.2, 0) is 0 Å². The van der Waals surface area contributed by atoms with Crippen LogP contribution in [0.15, 0.2) is 18.2 Å². The summed E-state index contributed by atoms with van der Waals surface area (Å²) in [5.74, 6) is -1.85. The minimum atomic E-state index is -1.21. The topological polar surface area (TPSA) is 40.5 Å². The van der Waals surface area contributed by atoms with E-state index in [1.165, 1.54) is 57.1 Å². The molecule has 1 aliphatic heterocycles. The molecular weight excluding hydrogens is 269 g/mol. The number of rotatable bonds is 2. The van der Waals surface area contributed by atoms with Gasteiger partial charge in [0, 0.05) is 18.8 Å². The van der Waals surface area contributed by atoms with E-state index in [0.29, 0.717) is 5.41 Å². The van der Waals surface area contributed by atoms with Gasteiger partial charge in [0.05, 0.1) is 5.56 Å².